The summed E-state index contributed by atoms with van der Waals surface area (Å²) in [5, 5.41) is 6.10. The van der Waals surface area contributed by atoms with E-state index in [2.05, 4.69) is 24.1 Å². The van der Waals surface area contributed by atoms with Crippen LogP contribution in [0.25, 0.3) is 0 Å². The molecule has 1 aromatic heterocycles. The number of ether oxygens (including phenoxy) is 1. The first-order chi connectivity index (χ1) is 15.3. The van der Waals surface area contributed by atoms with Gasteiger partial charge in [0, 0.05) is 25.3 Å². The number of nitrogens with one attached hydrogen (secondary N) is 1. The van der Waals surface area contributed by atoms with E-state index in [0.29, 0.717) is 30.7 Å². The molecule has 182 valence electrons. The Morgan fingerprint density at radius 3 is 2.50 bits per heavy atom. The second-order valence-corrected chi connectivity index (χ2v) is 9.29. The predicted octanol–water partition coefficient (Wildman–Crippen LogP) is 5.15. The number of aromatic nitrogens is 1. The molecule has 9 heteroatoms. The molecule has 0 fully saturated rings. The van der Waals surface area contributed by atoms with Crippen LogP contribution in [-0.2, 0) is 14.4 Å². The van der Waals surface area contributed by atoms with Crippen LogP contribution in [0.2, 0.25) is 0 Å². The van der Waals surface area contributed by atoms with Crippen LogP contribution in [0.15, 0.2) is 5.38 Å². The molecule has 0 aliphatic rings. The van der Waals surface area contributed by atoms with Crippen molar-refractivity contribution in [3.63, 3.8) is 0 Å². The third-order valence-electron chi connectivity index (χ3n) is 5.36. The molecule has 0 radical (unpaired) electrons. The van der Waals surface area contributed by atoms with Gasteiger partial charge >= 0.3 is 6.09 Å². The van der Waals surface area contributed by atoms with Gasteiger partial charge in [0.2, 0.25) is 5.91 Å². The summed E-state index contributed by atoms with van der Waals surface area (Å²) in [5.41, 5.74) is 0.289. The zero-order chi connectivity index (χ0) is 24.1. The summed E-state index contributed by atoms with van der Waals surface area (Å²) in [5.74, 6) is 0.216. The van der Waals surface area contributed by atoms with Crippen molar-refractivity contribution in [1.29, 1.82) is 0 Å². The van der Waals surface area contributed by atoms with Gasteiger partial charge in [0.25, 0.3) is 0 Å². The van der Waals surface area contributed by atoms with E-state index < -0.39 is 12.2 Å². The van der Waals surface area contributed by atoms with Crippen molar-refractivity contribution in [2.75, 3.05) is 13.7 Å². The third-order valence-corrected chi connectivity index (χ3v) is 6.31. The Hall–Kier alpha value is -2.00. The summed E-state index contributed by atoms with van der Waals surface area (Å²) in [6, 6.07) is -0.327. The van der Waals surface area contributed by atoms with E-state index in [0.717, 1.165) is 25.7 Å². The number of nitrogens with zero attached hydrogens (tertiary/aromatic N) is 2. The zero-order valence-corrected chi connectivity index (χ0v) is 21.1. The first kappa shape index (κ1) is 28.0. The van der Waals surface area contributed by atoms with E-state index in [4.69, 9.17) is 9.57 Å². The average molecular weight is 470 g/mol. The number of alkyl carbamates (subject to hydrolysis) is 1. The number of rotatable bonds is 15. The van der Waals surface area contributed by atoms with Gasteiger partial charge in [-0.2, -0.15) is 0 Å². The van der Waals surface area contributed by atoms with Crippen LogP contribution in [0.5, 0.6) is 0 Å². The molecule has 0 bridgehead atoms. The molecule has 0 saturated heterocycles. The normalized spacial score (nSPS) is 14.0. The number of unbranched alkanes of at least 4 members (excludes halogenated alkanes) is 2. The average Bonchev–Trinajstić information content (AvgIpc) is 3.25. The van der Waals surface area contributed by atoms with Gasteiger partial charge in [0.05, 0.1) is 12.6 Å². The van der Waals surface area contributed by atoms with Gasteiger partial charge < -0.3 is 10.1 Å². The van der Waals surface area contributed by atoms with Crippen LogP contribution < -0.4 is 5.32 Å². The quantitative estimate of drug-likeness (QED) is 0.217. The van der Waals surface area contributed by atoms with Crippen molar-refractivity contribution in [3.8, 4) is 0 Å². The zero-order valence-electron chi connectivity index (χ0n) is 20.3. The van der Waals surface area contributed by atoms with Crippen LogP contribution in [0, 0.1) is 11.8 Å². The summed E-state index contributed by atoms with van der Waals surface area (Å²) in [6.07, 6.45) is 3.91. The van der Waals surface area contributed by atoms with E-state index in [1.54, 1.807) is 5.38 Å². The Kier molecular flexibility index (Phi) is 13.1. The van der Waals surface area contributed by atoms with Crippen molar-refractivity contribution < 1.29 is 24.0 Å². The van der Waals surface area contributed by atoms with E-state index in [-0.39, 0.29) is 29.5 Å². The van der Waals surface area contributed by atoms with Crippen molar-refractivity contribution in [2.24, 2.45) is 11.8 Å². The molecular weight excluding hydrogens is 430 g/mol. The minimum atomic E-state index is -0.709. The van der Waals surface area contributed by atoms with Crippen molar-refractivity contribution in [1.82, 2.24) is 15.4 Å². The largest absolute Gasteiger partial charge is 0.439 e. The maximum Gasteiger partial charge on any atom is 0.407 e. The molecule has 0 saturated carbocycles. The number of carbonyl (C=O) groups is 3. The molecule has 0 spiro atoms. The Balaban J connectivity index is 3.17. The predicted molar refractivity (Wildman–Crippen MR) is 125 cm³/mol. The number of hydrogen-bond acceptors (Lipinski definition) is 7. The van der Waals surface area contributed by atoms with E-state index >= 15 is 0 Å². The monoisotopic (exact) mass is 469 g/mol. The van der Waals surface area contributed by atoms with Crippen molar-refractivity contribution in [3.05, 3.63) is 16.1 Å². The summed E-state index contributed by atoms with van der Waals surface area (Å²) in [6.45, 7) is 10.7. The first-order valence-electron chi connectivity index (χ1n) is 11.5. The minimum absolute atomic E-state index is 0.0448. The second kappa shape index (κ2) is 14.9. The molecule has 8 nitrogen and oxygen atoms in total. The van der Waals surface area contributed by atoms with Crippen LogP contribution in [-0.4, -0.2) is 48.0 Å². The molecule has 3 atom stereocenters. The summed E-state index contributed by atoms with van der Waals surface area (Å²) >= 11 is 1.26. The van der Waals surface area contributed by atoms with Crippen LogP contribution in [0.1, 0.15) is 94.7 Å². The number of carbonyl (C=O) groups excluding carboxylic acids is 3. The number of thiazole rings is 1. The molecule has 32 heavy (non-hydrogen) atoms. The topological polar surface area (TPSA) is 97.8 Å². The molecule has 0 aromatic carbocycles. The number of amides is 2. The van der Waals surface area contributed by atoms with Gasteiger partial charge in [0.1, 0.15) is 10.7 Å². The molecule has 2 unspecified atom stereocenters. The molecule has 0 aliphatic carbocycles. The lowest BCUT2D eigenvalue weighted by Gasteiger charge is -2.35. The highest BCUT2D eigenvalue weighted by Gasteiger charge is 2.33. The highest BCUT2D eigenvalue weighted by molar-refractivity contribution is 7.09. The van der Waals surface area contributed by atoms with Crippen molar-refractivity contribution in [2.45, 2.75) is 85.3 Å². The molecule has 1 aromatic rings. The number of aldehydes is 1. The minimum Gasteiger partial charge on any atom is -0.439 e. The molecular formula is C23H39N3O5S. The second-order valence-electron chi connectivity index (χ2n) is 8.40. The summed E-state index contributed by atoms with van der Waals surface area (Å²) < 4.78 is 5.59. The Labute approximate surface area is 196 Å². The standard InChI is InChI=1S/C23H39N3O5S/c1-7-9-10-11-30-26(21(28)12-17(5)8-2)19(16(3)4)13-20(31-23(29)24-6)22-25-18(14-27)15-32-22/h14-17,19-20H,7-13H2,1-6H3,(H,24,29)/t17-,19?,20?/m0/s1. The SMILES string of the molecule is CCCCCON(C(=O)C[C@@H](C)CC)C(CC(OC(=O)NC)c1nc(C=O)cs1)C(C)C. The van der Waals surface area contributed by atoms with Crippen LogP contribution >= 0.6 is 11.3 Å². The molecule has 2 amide bonds. The van der Waals surface area contributed by atoms with Gasteiger partial charge in [-0.15, -0.1) is 11.3 Å². The maximum absolute atomic E-state index is 13.2. The molecule has 1 heterocycles. The summed E-state index contributed by atoms with van der Waals surface area (Å²) in [7, 11) is 1.48. The van der Waals surface area contributed by atoms with E-state index in [9.17, 15) is 14.4 Å². The fraction of sp³-hybridized carbons (Fsp3) is 0.739. The van der Waals surface area contributed by atoms with Gasteiger partial charge in [-0.1, -0.05) is 53.9 Å². The third kappa shape index (κ3) is 9.24. The highest BCUT2D eigenvalue weighted by atomic mass is 32.1. The maximum atomic E-state index is 13.2. The molecule has 0 aliphatic heterocycles. The summed E-state index contributed by atoms with van der Waals surface area (Å²) in [4.78, 5) is 46.6. The van der Waals surface area contributed by atoms with Crippen LogP contribution in [0.4, 0.5) is 4.79 Å². The number of hydrogen-bond donors (Lipinski definition) is 1. The van der Waals surface area contributed by atoms with Crippen LogP contribution in [0.3, 0.4) is 0 Å². The lowest BCUT2D eigenvalue weighted by molar-refractivity contribution is -0.210. The van der Waals surface area contributed by atoms with E-state index in [1.165, 1.54) is 23.4 Å². The van der Waals surface area contributed by atoms with Crippen molar-refractivity contribution >= 4 is 29.6 Å². The fourth-order valence-electron chi connectivity index (χ4n) is 3.15. The Morgan fingerprint density at radius 1 is 1.25 bits per heavy atom. The molecule has 1 rings (SSSR count). The first-order valence-corrected chi connectivity index (χ1v) is 12.4. The lowest BCUT2D eigenvalue weighted by atomic mass is 9.96. The Bertz CT molecular complexity index is 710. The van der Waals surface area contributed by atoms with E-state index in [1.807, 2.05) is 20.8 Å². The Morgan fingerprint density at radius 2 is 1.97 bits per heavy atom. The van der Waals surface area contributed by atoms with Gasteiger partial charge in [0.15, 0.2) is 12.4 Å². The van der Waals surface area contributed by atoms with Gasteiger partial charge in [-0.05, 0) is 18.3 Å². The van der Waals surface area contributed by atoms with Gasteiger partial charge in [-0.25, -0.2) is 14.8 Å². The fourth-order valence-corrected chi connectivity index (χ4v) is 3.95. The smallest absolute Gasteiger partial charge is 0.407 e. The number of hydroxylamine groups is 2. The van der Waals surface area contributed by atoms with Gasteiger partial charge in [-0.3, -0.25) is 14.4 Å². The molecule has 1 N–H and O–H groups in total. The highest BCUT2D eigenvalue weighted by Crippen LogP contribution is 2.31. The lowest BCUT2D eigenvalue weighted by Crippen LogP contribution is -2.45.